The van der Waals surface area contributed by atoms with Crippen LogP contribution in [0.4, 0.5) is 5.82 Å². The molecule has 4 nitrogen and oxygen atoms in total. The van der Waals surface area contributed by atoms with Crippen LogP contribution in [0.2, 0.25) is 0 Å². The molecule has 0 aliphatic heterocycles. The first-order valence-corrected chi connectivity index (χ1v) is 5.67. The van der Waals surface area contributed by atoms with E-state index in [1.807, 2.05) is 19.0 Å². The van der Waals surface area contributed by atoms with E-state index in [1.165, 1.54) is 0 Å². The second-order valence-electron chi connectivity index (χ2n) is 4.12. The Morgan fingerprint density at radius 1 is 1.33 bits per heavy atom. The molecule has 0 amide bonds. The molecule has 15 heavy (non-hydrogen) atoms. The molecular formula is C10H17BrN4. The van der Waals surface area contributed by atoms with Gasteiger partial charge in [-0.2, -0.15) is 0 Å². The molecule has 0 atom stereocenters. The minimum Gasteiger partial charge on any atom is -0.383 e. The largest absolute Gasteiger partial charge is 0.383 e. The van der Waals surface area contributed by atoms with Crippen LogP contribution >= 0.6 is 15.9 Å². The summed E-state index contributed by atoms with van der Waals surface area (Å²) >= 11 is 3.42. The number of nitrogens with two attached hydrogens (primary N) is 1. The smallest absolute Gasteiger partial charge is 0.145 e. The third-order valence-corrected chi connectivity index (χ3v) is 2.77. The van der Waals surface area contributed by atoms with E-state index in [0.29, 0.717) is 18.3 Å². The van der Waals surface area contributed by atoms with Crippen LogP contribution in [0.15, 0.2) is 4.47 Å². The van der Waals surface area contributed by atoms with E-state index in [2.05, 4.69) is 39.7 Å². The van der Waals surface area contributed by atoms with Crippen LogP contribution in [-0.4, -0.2) is 29.0 Å². The molecule has 0 bridgehead atoms. The van der Waals surface area contributed by atoms with Crippen LogP contribution in [-0.2, 0) is 6.54 Å². The predicted molar refractivity (Wildman–Crippen MR) is 65.6 cm³/mol. The maximum absolute atomic E-state index is 5.82. The molecule has 0 saturated carbocycles. The van der Waals surface area contributed by atoms with Crippen molar-refractivity contribution in [3.8, 4) is 0 Å². The van der Waals surface area contributed by atoms with Crippen molar-refractivity contribution in [2.45, 2.75) is 26.3 Å². The molecule has 0 saturated heterocycles. The van der Waals surface area contributed by atoms with Crippen LogP contribution in [0.3, 0.4) is 0 Å². The zero-order valence-electron chi connectivity index (χ0n) is 9.58. The summed E-state index contributed by atoms with van der Waals surface area (Å²) in [6.07, 6.45) is 0. The number of nitrogen functional groups attached to an aromatic ring is 1. The molecule has 0 aliphatic rings. The molecule has 0 unspecified atom stereocenters. The van der Waals surface area contributed by atoms with Crippen LogP contribution in [0.1, 0.15) is 31.3 Å². The minimum atomic E-state index is 0.339. The zero-order valence-corrected chi connectivity index (χ0v) is 11.2. The van der Waals surface area contributed by atoms with Gasteiger partial charge in [0.25, 0.3) is 0 Å². The van der Waals surface area contributed by atoms with Gasteiger partial charge in [0, 0.05) is 0 Å². The number of hydrogen-bond donors (Lipinski definition) is 1. The SMILES string of the molecule is CC(C)c1nc(CN(C)C)nc(N)c1Br. The average molecular weight is 273 g/mol. The van der Waals surface area contributed by atoms with E-state index in [0.717, 1.165) is 16.0 Å². The van der Waals surface area contributed by atoms with Gasteiger partial charge < -0.3 is 10.6 Å². The van der Waals surface area contributed by atoms with Gasteiger partial charge in [-0.1, -0.05) is 13.8 Å². The summed E-state index contributed by atoms with van der Waals surface area (Å²) in [5, 5.41) is 0. The lowest BCUT2D eigenvalue weighted by Crippen LogP contribution is -2.15. The molecule has 5 heteroatoms. The number of rotatable bonds is 3. The fraction of sp³-hybridized carbons (Fsp3) is 0.600. The molecule has 1 aromatic heterocycles. The van der Waals surface area contributed by atoms with E-state index < -0.39 is 0 Å². The topological polar surface area (TPSA) is 55.0 Å². The summed E-state index contributed by atoms with van der Waals surface area (Å²) < 4.78 is 0.819. The summed E-state index contributed by atoms with van der Waals surface area (Å²) in [5.41, 5.74) is 6.79. The van der Waals surface area contributed by atoms with Gasteiger partial charge >= 0.3 is 0 Å². The fourth-order valence-corrected chi connectivity index (χ4v) is 1.90. The minimum absolute atomic E-state index is 0.339. The Balaban J connectivity index is 3.11. The lowest BCUT2D eigenvalue weighted by molar-refractivity contribution is 0.389. The molecule has 0 fully saturated rings. The van der Waals surface area contributed by atoms with Crippen molar-refractivity contribution in [1.82, 2.24) is 14.9 Å². The molecule has 84 valence electrons. The van der Waals surface area contributed by atoms with Crippen LogP contribution in [0.5, 0.6) is 0 Å². The summed E-state index contributed by atoms with van der Waals surface area (Å²) in [7, 11) is 3.97. The van der Waals surface area contributed by atoms with Crippen LogP contribution < -0.4 is 5.73 Å². The normalized spacial score (nSPS) is 11.4. The third-order valence-electron chi connectivity index (χ3n) is 1.95. The van der Waals surface area contributed by atoms with Gasteiger partial charge in [-0.25, -0.2) is 9.97 Å². The number of hydrogen-bond acceptors (Lipinski definition) is 4. The average Bonchev–Trinajstić information content (AvgIpc) is 2.09. The van der Waals surface area contributed by atoms with Crippen molar-refractivity contribution < 1.29 is 0 Å². The lowest BCUT2D eigenvalue weighted by atomic mass is 10.1. The second kappa shape index (κ2) is 4.90. The molecule has 2 N–H and O–H groups in total. The van der Waals surface area contributed by atoms with Gasteiger partial charge in [0.15, 0.2) is 0 Å². The number of aromatic nitrogens is 2. The first-order valence-electron chi connectivity index (χ1n) is 4.88. The Bertz CT molecular complexity index is 350. The highest BCUT2D eigenvalue weighted by molar-refractivity contribution is 9.10. The Morgan fingerprint density at radius 3 is 2.40 bits per heavy atom. The van der Waals surface area contributed by atoms with Crippen molar-refractivity contribution in [3.05, 3.63) is 16.0 Å². The molecular weight excluding hydrogens is 256 g/mol. The molecule has 0 aliphatic carbocycles. The molecule has 0 aromatic carbocycles. The van der Waals surface area contributed by atoms with Gasteiger partial charge in [-0.15, -0.1) is 0 Å². The van der Waals surface area contributed by atoms with Crippen molar-refractivity contribution in [2.75, 3.05) is 19.8 Å². The van der Waals surface area contributed by atoms with E-state index >= 15 is 0 Å². The first kappa shape index (κ1) is 12.4. The number of halogens is 1. The highest BCUT2D eigenvalue weighted by atomic mass is 79.9. The third kappa shape index (κ3) is 3.14. The van der Waals surface area contributed by atoms with E-state index in [-0.39, 0.29) is 0 Å². The van der Waals surface area contributed by atoms with Gasteiger partial charge in [-0.3, -0.25) is 0 Å². The summed E-state index contributed by atoms with van der Waals surface area (Å²) in [5.74, 6) is 1.63. The molecule has 1 heterocycles. The monoisotopic (exact) mass is 272 g/mol. The highest BCUT2D eigenvalue weighted by Gasteiger charge is 2.13. The maximum Gasteiger partial charge on any atom is 0.145 e. The van der Waals surface area contributed by atoms with E-state index in [9.17, 15) is 0 Å². The van der Waals surface area contributed by atoms with Crippen molar-refractivity contribution >= 4 is 21.7 Å². The van der Waals surface area contributed by atoms with Crippen molar-refractivity contribution in [1.29, 1.82) is 0 Å². The summed E-state index contributed by atoms with van der Waals surface area (Å²) in [6, 6.07) is 0. The molecule has 0 radical (unpaired) electrons. The highest BCUT2D eigenvalue weighted by Crippen LogP contribution is 2.26. The Morgan fingerprint density at radius 2 is 1.93 bits per heavy atom. The zero-order chi connectivity index (χ0) is 11.6. The van der Waals surface area contributed by atoms with E-state index in [1.54, 1.807) is 0 Å². The maximum atomic E-state index is 5.82. The second-order valence-corrected chi connectivity index (χ2v) is 4.91. The number of anilines is 1. The van der Waals surface area contributed by atoms with Gasteiger partial charge in [-0.05, 0) is 35.9 Å². The number of nitrogens with zero attached hydrogens (tertiary/aromatic N) is 3. The Labute approximate surface area is 99.0 Å². The molecule has 1 aromatic rings. The summed E-state index contributed by atoms with van der Waals surface area (Å²) in [4.78, 5) is 10.7. The molecule has 0 spiro atoms. The van der Waals surface area contributed by atoms with Crippen LogP contribution in [0, 0.1) is 0 Å². The predicted octanol–water partition coefficient (Wildman–Crippen LogP) is 2.01. The van der Waals surface area contributed by atoms with Crippen molar-refractivity contribution in [3.63, 3.8) is 0 Å². The lowest BCUT2D eigenvalue weighted by Gasteiger charge is -2.13. The Hall–Kier alpha value is -0.680. The molecule has 1 rings (SSSR count). The van der Waals surface area contributed by atoms with Crippen LogP contribution in [0.25, 0.3) is 0 Å². The van der Waals surface area contributed by atoms with Gasteiger partial charge in [0.2, 0.25) is 0 Å². The van der Waals surface area contributed by atoms with Crippen molar-refractivity contribution in [2.24, 2.45) is 0 Å². The fourth-order valence-electron chi connectivity index (χ4n) is 1.27. The Kier molecular flexibility index (Phi) is 4.04. The standard InChI is InChI=1S/C10H17BrN4/c1-6(2)9-8(11)10(12)14-7(13-9)5-15(3)4/h6H,5H2,1-4H3,(H2,12,13,14). The van der Waals surface area contributed by atoms with Gasteiger partial charge in [0.1, 0.15) is 11.6 Å². The quantitative estimate of drug-likeness (QED) is 0.915. The first-order chi connectivity index (χ1) is 6.91. The van der Waals surface area contributed by atoms with Gasteiger partial charge in [0.05, 0.1) is 16.7 Å². The summed E-state index contributed by atoms with van der Waals surface area (Å²) in [6.45, 7) is 4.88. The van der Waals surface area contributed by atoms with E-state index in [4.69, 9.17) is 5.73 Å².